The number of hydrogen-bond donors (Lipinski definition) is 2. The Bertz CT molecular complexity index is 806. The molecule has 1 aliphatic carbocycles. The highest BCUT2D eigenvalue weighted by Gasteiger charge is 2.32. The lowest BCUT2D eigenvalue weighted by Gasteiger charge is -2.35. The second-order valence-corrected chi connectivity index (χ2v) is 6.77. The summed E-state index contributed by atoms with van der Waals surface area (Å²) in [6.07, 6.45) is 6.31. The number of fused-ring (bicyclic) bond motifs is 1. The van der Waals surface area contributed by atoms with Crippen molar-refractivity contribution in [3.8, 4) is 0 Å². The van der Waals surface area contributed by atoms with Crippen molar-refractivity contribution in [2.45, 2.75) is 25.3 Å². The number of ketones is 1. The molecule has 0 saturated heterocycles. The summed E-state index contributed by atoms with van der Waals surface area (Å²) in [7, 11) is 1.69. The van der Waals surface area contributed by atoms with Gasteiger partial charge in [-0.15, -0.1) is 0 Å². The molecule has 1 atom stereocenters. The smallest absolute Gasteiger partial charge is 0.270 e. The molecule has 6 nitrogen and oxygen atoms in total. The summed E-state index contributed by atoms with van der Waals surface area (Å²) in [5.74, 6) is -0.401. The quantitative estimate of drug-likeness (QED) is 0.619. The normalized spacial score (nSPS) is 21.0. The maximum Gasteiger partial charge on any atom is 0.270 e. The maximum absolute atomic E-state index is 12.8. The van der Waals surface area contributed by atoms with Crippen LogP contribution in [0.25, 0.3) is 0 Å². The number of hydrogen-bond acceptors (Lipinski definition) is 5. The summed E-state index contributed by atoms with van der Waals surface area (Å²) in [6, 6.07) is 7.96. The lowest BCUT2D eigenvalue weighted by Crippen LogP contribution is -2.41. The van der Waals surface area contributed by atoms with Gasteiger partial charge in [0.25, 0.3) is 5.91 Å². The lowest BCUT2D eigenvalue weighted by molar-refractivity contribution is -0.128. The summed E-state index contributed by atoms with van der Waals surface area (Å²) in [4.78, 5) is 30.5. The molecular weight excluding hydrogens is 328 g/mol. The predicted octanol–water partition coefficient (Wildman–Crippen LogP) is 1.48. The van der Waals surface area contributed by atoms with Crippen LogP contribution in [0.2, 0.25) is 0 Å². The van der Waals surface area contributed by atoms with Gasteiger partial charge in [-0.2, -0.15) is 0 Å². The molecule has 4 N–H and O–H groups in total. The molecule has 0 unspecified atom stereocenters. The van der Waals surface area contributed by atoms with E-state index in [1.165, 1.54) is 12.3 Å². The fourth-order valence-corrected chi connectivity index (χ4v) is 3.33. The molecule has 0 aromatic heterocycles. The third-order valence-corrected chi connectivity index (χ3v) is 4.88. The first kappa shape index (κ1) is 17.9. The van der Waals surface area contributed by atoms with Crippen LogP contribution in [-0.4, -0.2) is 36.4 Å². The molecule has 26 heavy (non-hydrogen) atoms. The number of carbonyl (C=O) groups is 2. The number of rotatable bonds is 5. The van der Waals surface area contributed by atoms with E-state index in [2.05, 4.69) is 4.99 Å². The van der Waals surface area contributed by atoms with Crippen LogP contribution >= 0.6 is 0 Å². The zero-order valence-electron chi connectivity index (χ0n) is 14.9. The lowest BCUT2D eigenvalue weighted by atomic mass is 9.85. The van der Waals surface area contributed by atoms with Gasteiger partial charge in [0, 0.05) is 44.3 Å². The third-order valence-electron chi connectivity index (χ3n) is 4.88. The molecule has 0 spiro atoms. The second kappa shape index (κ2) is 7.56. The first-order valence-electron chi connectivity index (χ1n) is 8.77. The number of nitrogens with zero attached hydrogens (tertiary/aromatic N) is 2. The van der Waals surface area contributed by atoms with Crippen molar-refractivity contribution in [3.63, 3.8) is 0 Å². The van der Waals surface area contributed by atoms with Crippen LogP contribution in [-0.2, 0) is 16.1 Å². The minimum atomic E-state index is -0.316. The highest BCUT2D eigenvalue weighted by Crippen LogP contribution is 2.33. The number of allylic oxidation sites excluding steroid dienone is 1. The van der Waals surface area contributed by atoms with Crippen LogP contribution in [0, 0.1) is 5.92 Å². The van der Waals surface area contributed by atoms with Crippen molar-refractivity contribution in [1.82, 2.24) is 4.90 Å². The van der Waals surface area contributed by atoms with Crippen LogP contribution in [0.3, 0.4) is 0 Å². The van der Waals surface area contributed by atoms with Gasteiger partial charge in [0.15, 0.2) is 5.78 Å². The molecule has 0 bridgehead atoms. The van der Waals surface area contributed by atoms with Crippen molar-refractivity contribution in [3.05, 3.63) is 58.9 Å². The Hall–Kier alpha value is -2.89. The molecule has 136 valence electrons. The van der Waals surface area contributed by atoms with Gasteiger partial charge in [-0.25, -0.2) is 0 Å². The number of nitrogens with two attached hydrogens (primary N) is 2. The Morgan fingerprint density at radius 3 is 2.65 bits per heavy atom. The summed E-state index contributed by atoms with van der Waals surface area (Å²) in [5, 5.41) is 0. The van der Waals surface area contributed by atoms with Crippen molar-refractivity contribution in [1.29, 1.82) is 0 Å². The Balaban J connectivity index is 1.88. The van der Waals surface area contributed by atoms with E-state index < -0.39 is 0 Å². The molecule has 1 heterocycles. The summed E-state index contributed by atoms with van der Waals surface area (Å²) < 4.78 is 0. The summed E-state index contributed by atoms with van der Waals surface area (Å²) >= 11 is 0. The monoisotopic (exact) mass is 352 g/mol. The minimum absolute atomic E-state index is 0.00229. The zero-order chi connectivity index (χ0) is 18.7. The largest absolute Gasteiger partial charge is 0.404 e. The molecule has 0 radical (unpaired) electrons. The Morgan fingerprint density at radius 1 is 1.27 bits per heavy atom. The van der Waals surface area contributed by atoms with Gasteiger partial charge in [-0.05, 0) is 35.7 Å². The van der Waals surface area contributed by atoms with Gasteiger partial charge in [0.1, 0.15) is 5.70 Å². The van der Waals surface area contributed by atoms with E-state index in [9.17, 15) is 9.59 Å². The second-order valence-electron chi connectivity index (χ2n) is 6.77. The highest BCUT2D eigenvalue weighted by molar-refractivity contribution is 6.02. The molecule has 1 saturated carbocycles. The highest BCUT2D eigenvalue weighted by atomic mass is 16.2. The van der Waals surface area contributed by atoms with E-state index in [-0.39, 0.29) is 29.2 Å². The molecule has 1 aromatic carbocycles. The molecule has 6 heteroatoms. The van der Waals surface area contributed by atoms with Gasteiger partial charge in [0.05, 0.1) is 0 Å². The van der Waals surface area contributed by atoms with Gasteiger partial charge in [0.2, 0.25) is 0 Å². The van der Waals surface area contributed by atoms with Crippen molar-refractivity contribution < 1.29 is 9.59 Å². The van der Waals surface area contributed by atoms with E-state index in [0.29, 0.717) is 13.1 Å². The van der Waals surface area contributed by atoms with Gasteiger partial charge < -0.3 is 16.4 Å². The van der Waals surface area contributed by atoms with Crippen LogP contribution in [0.15, 0.2) is 52.8 Å². The van der Waals surface area contributed by atoms with Gasteiger partial charge in [-0.3, -0.25) is 14.6 Å². The molecule has 1 aliphatic heterocycles. The van der Waals surface area contributed by atoms with Gasteiger partial charge >= 0.3 is 0 Å². The summed E-state index contributed by atoms with van der Waals surface area (Å²) in [5.41, 5.74) is 14.7. The molecule has 1 aromatic rings. The van der Waals surface area contributed by atoms with E-state index in [1.54, 1.807) is 18.2 Å². The fourth-order valence-electron chi connectivity index (χ4n) is 3.33. The van der Waals surface area contributed by atoms with Crippen LogP contribution in [0.1, 0.15) is 29.9 Å². The van der Waals surface area contributed by atoms with Crippen LogP contribution < -0.4 is 11.5 Å². The average Bonchev–Trinajstić information content (AvgIpc) is 3.50. The zero-order valence-corrected chi connectivity index (χ0v) is 14.9. The fraction of sp³-hybridized carbons (Fsp3) is 0.350. The number of aliphatic imine (C=N–C) groups is 1. The van der Waals surface area contributed by atoms with E-state index >= 15 is 0 Å². The SMILES string of the molecule is CN=CC(=CN)[C@@H]1CN(C(=O)C(N)=CC(=O)C2CC2)Cc2ccccc21. The molecule has 3 rings (SSSR count). The topological polar surface area (TPSA) is 102 Å². The molecule has 2 aliphatic rings. The standard InChI is InChI=1S/C20H24N4O2/c1-23-10-15(9-21)17-12-24(11-14-4-2-3-5-16(14)17)20(26)18(22)8-19(25)13-6-7-13/h2-5,8-10,13,17H,6-7,11-12,21-22H2,1H3/t17-/m0/s1. The van der Waals surface area contributed by atoms with Crippen LogP contribution in [0.4, 0.5) is 0 Å². The molecular formula is C20H24N4O2. The Kier molecular flexibility index (Phi) is 5.21. The van der Waals surface area contributed by atoms with E-state index in [0.717, 1.165) is 29.5 Å². The number of carbonyl (C=O) groups excluding carboxylic acids is 2. The Morgan fingerprint density at radius 2 is 2.00 bits per heavy atom. The summed E-state index contributed by atoms with van der Waals surface area (Å²) in [6.45, 7) is 0.899. The van der Waals surface area contributed by atoms with E-state index in [1.807, 2.05) is 24.3 Å². The predicted molar refractivity (Wildman–Crippen MR) is 101 cm³/mol. The number of benzene rings is 1. The maximum atomic E-state index is 12.8. The van der Waals surface area contributed by atoms with E-state index in [4.69, 9.17) is 11.5 Å². The number of amides is 1. The van der Waals surface area contributed by atoms with Gasteiger partial charge in [-0.1, -0.05) is 24.3 Å². The average molecular weight is 352 g/mol. The first-order chi connectivity index (χ1) is 12.5. The molecule has 1 fully saturated rings. The van der Waals surface area contributed by atoms with Crippen LogP contribution in [0.5, 0.6) is 0 Å². The van der Waals surface area contributed by atoms with Crippen molar-refractivity contribution >= 4 is 17.9 Å². The first-order valence-corrected chi connectivity index (χ1v) is 8.77. The van der Waals surface area contributed by atoms with Crippen molar-refractivity contribution in [2.24, 2.45) is 22.4 Å². The third kappa shape index (κ3) is 3.69. The Labute approximate surface area is 153 Å². The minimum Gasteiger partial charge on any atom is -0.404 e. The van der Waals surface area contributed by atoms with Crippen molar-refractivity contribution in [2.75, 3.05) is 13.6 Å². The molecule has 1 amide bonds.